The van der Waals surface area contributed by atoms with E-state index in [9.17, 15) is 14.9 Å². The number of nitrogens with zero attached hydrogens (tertiary/aromatic N) is 3. The number of nitrogens with one attached hydrogen (secondary N) is 1. The Bertz CT molecular complexity index is 607. The van der Waals surface area contributed by atoms with Crippen molar-refractivity contribution < 1.29 is 9.59 Å². The molecular weight excluding hydrogens is 354 g/mol. The Balaban J connectivity index is 1.80. The molecule has 0 aliphatic heterocycles. The second kappa shape index (κ2) is 8.52. The fourth-order valence-corrected chi connectivity index (χ4v) is 4.86. The van der Waals surface area contributed by atoms with Crippen LogP contribution >= 0.6 is 34.9 Å². The normalized spacial score (nSPS) is 16.5. The molecule has 0 atom stereocenters. The van der Waals surface area contributed by atoms with E-state index in [-0.39, 0.29) is 17.4 Å². The highest BCUT2D eigenvalue weighted by Crippen LogP contribution is 2.30. The molecule has 0 aromatic carbocycles. The fourth-order valence-electron chi connectivity index (χ4n) is 2.30. The number of nitriles is 1. The van der Waals surface area contributed by atoms with Crippen molar-refractivity contribution in [1.82, 2.24) is 15.5 Å². The van der Waals surface area contributed by atoms with Gasteiger partial charge in [-0.2, -0.15) is 5.26 Å². The summed E-state index contributed by atoms with van der Waals surface area (Å²) in [4.78, 5) is 22.8. The van der Waals surface area contributed by atoms with Crippen molar-refractivity contribution in [2.45, 2.75) is 46.3 Å². The molecule has 2 rings (SSSR count). The van der Waals surface area contributed by atoms with Gasteiger partial charge in [0.1, 0.15) is 5.54 Å². The standard InChI is InChI=1S/C13H17N5O2S3/c14-8-13(4-2-1-3-5-13)16-10(20)7-22-12-18-17-11(23-12)21-6-9(15)19/h1-7H2,(H2,15,19)(H,16,20). The summed E-state index contributed by atoms with van der Waals surface area (Å²) in [5.41, 5.74) is 4.36. The maximum Gasteiger partial charge on any atom is 0.231 e. The molecule has 23 heavy (non-hydrogen) atoms. The molecule has 1 fully saturated rings. The number of thioether (sulfide) groups is 2. The van der Waals surface area contributed by atoms with Crippen molar-refractivity contribution in [2.75, 3.05) is 11.5 Å². The second-order valence-corrected chi connectivity index (χ2v) is 8.60. The molecule has 0 unspecified atom stereocenters. The van der Waals surface area contributed by atoms with Crippen molar-refractivity contribution >= 4 is 46.7 Å². The zero-order valence-corrected chi connectivity index (χ0v) is 14.9. The average molecular weight is 372 g/mol. The van der Waals surface area contributed by atoms with Crippen LogP contribution in [-0.4, -0.2) is 39.1 Å². The molecule has 1 aromatic heterocycles. The van der Waals surface area contributed by atoms with Crippen molar-refractivity contribution in [3.63, 3.8) is 0 Å². The van der Waals surface area contributed by atoms with Crippen LogP contribution in [0.3, 0.4) is 0 Å². The van der Waals surface area contributed by atoms with E-state index in [0.29, 0.717) is 21.5 Å². The van der Waals surface area contributed by atoms with Crippen LogP contribution in [0.4, 0.5) is 0 Å². The maximum atomic E-state index is 12.1. The second-order valence-electron chi connectivity index (χ2n) is 5.18. The number of rotatable bonds is 7. The number of hydrogen-bond acceptors (Lipinski definition) is 8. The van der Waals surface area contributed by atoms with Crippen molar-refractivity contribution in [3.05, 3.63) is 0 Å². The van der Waals surface area contributed by atoms with Gasteiger partial charge < -0.3 is 11.1 Å². The summed E-state index contributed by atoms with van der Waals surface area (Å²) < 4.78 is 1.30. The first-order valence-electron chi connectivity index (χ1n) is 7.13. The van der Waals surface area contributed by atoms with E-state index in [4.69, 9.17) is 5.73 Å². The number of aromatic nitrogens is 2. The summed E-state index contributed by atoms with van der Waals surface area (Å²) in [6, 6.07) is 2.26. The third kappa shape index (κ3) is 5.67. The van der Waals surface area contributed by atoms with E-state index in [1.807, 2.05) is 0 Å². The Morgan fingerprint density at radius 1 is 1.22 bits per heavy atom. The molecule has 1 saturated carbocycles. The van der Waals surface area contributed by atoms with E-state index in [2.05, 4.69) is 21.6 Å². The van der Waals surface area contributed by atoms with Gasteiger partial charge in [0.2, 0.25) is 11.8 Å². The summed E-state index contributed by atoms with van der Waals surface area (Å²) in [5, 5.41) is 20.1. The molecule has 0 spiro atoms. The molecule has 3 N–H and O–H groups in total. The number of amides is 2. The SMILES string of the molecule is N#CC1(NC(=O)CSc2nnc(SCC(N)=O)s2)CCCCC1. The zero-order valence-electron chi connectivity index (χ0n) is 12.4. The zero-order chi connectivity index (χ0) is 16.7. The quantitative estimate of drug-likeness (QED) is 0.697. The number of carbonyl (C=O) groups is 2. The third-order valence-electron chi connectivity index (χ3n) is 3.35. The third-order valence-corrected chi connectivity index (χ3v) is 6.56. The molecule has 1 aliphatic rings. The number of hydrogen-bond donors (Lipinski definition) is 2. The van der Waals surface area contributed by atoms with E-state index in [0.717, 1.165) is 19.3 Å². The summed E-state index contributed by atoms with van der Waals surface area (Å²) in [6.07, 6.45) is 4.49. The molecule has 1 heterocycles. The molecule has 7 nitrogen and oxygen atoms in total. The van der Waals surface area contributed by atoms with E-state index < -0.39 is 11.4 Å². The van der Waals surface area contributed by atoms with Crippen LogP contribution in [0.1, 0.15) is 32.1 Å². The molecule has 0 radical (unpaired) electrons. The van der Waals surface area contributed by atoms with Gasteiger partial charge in [-0.15, -0.1) is 10.2 Å². The predicted molar refractivity (Wildman–Crippen MR) is 90.1 cm³/mol. The molecular formula is C13H17N5O2S3. The highest BCUT2D eigenvalue weighted by Gasteiger charge is 2.33. The van der Waals surface area contributed by atoms with Gasteiger partial charge in [0.15, 0.2) is 8.68 Å². The van der Waals surface area contributed by atoms with Gasteiger partial charge in [-0.3, -0.25) is 9.59 Å². The summed E-state index contributed by atoms with van der Waals surface area (Å²) in [6.45, 7) is 0. The van der Waals surface area contributed by atoms with Crippen LogP contribution in [0, 0.1) is 11.3 Å². The van der Waals surface area contributed by atoms with Gasteiger partial charge >= 0.3 is 0 Å². The number of nitrogens with two attached hydrogens (primary N) is 1. The lowest BCUT2D eigenvalue weighted by atomic mass is 9.83. The van der Waals surface area contributed by atoms with Crippen LogP contribution in [0.15, 0.2) is 8.68 Å². The van der Waals surface area contributed by atoms with Crippen molar-refractivity contribution in [3.8, 4) is 6.07 Å². The monoisotopic (exact) mass is 371 g/mol. The van der Waals surface area contributed by atoms with Crippen LogP contribution in [0.25, 0.3) is 0 Å². The first-order chi connectivity index (χ1) is 11.0. The predicted octanol–water partition coefficient (Wildman–Crippen LogP) is 1.55. The summed E-state index contributed by atoms with van der Waals surface area (Å²) in [5.74, 6) is -0.226. The summed E-state index contributed by atoms with van der Waals surface area (Å²) in [7, 11) is 0. The Hall–Kier alpha value is -1.31. The minimum Gasteiger partial charge on any atom is -0.369 e. The first kappa shape index (κ1) is 18.0. The van der Waals surface area contributed by atoms with Gasteiger partial charge in [0, 0.05) is 0 Å². The van der Waals surface area contributed by atoms with Crippen LogP contribution in [0.5, 0.6) is 0 Å². The van der Waals surface area contributed by atoms with Crippen LogP contribution in [-0.2, 0) is 9.59 Å². The van der Waals surface area contributed by atoms with Crippen LogP contribution < -0.4 is 11.1 Å². The number of primary amides is 1. The lowest BCUT2D eigenvalue weighted by Gasteiger charge is -2.31. The first-order valence-corrected chi connectivity index (χ1v) is 9.91. The van der Waals surface area contributed by atoms with Crippen molar-refractivity contribution in [2.24, 2.45) is 5.73 Å². The molecule has 2 amide bonds. The van der Waals surface area contributed by atoms with Gasteiger partial charge in [-0.05, 0) is 12.8 Å². The Kier molecular flexibility index (Phi) is 6.68. The highest BCUT2D eigenvalue weighted by molar-refractivity contribution is 8.03. The largest absolute Gasteiger partial charge is 0.369 e. The molecule has 0 saturated heterocycles. The molecule has 124 valence electrons. The van der Waals surface area contributed by atoms with E-state index in [1.54, 1.807) is 0 Å². The van der Waals surface area contributed by atoms with Gasteiger partial charge in [-0.1, -0.05) is 54.1 Å². The molecule has 1 aliphatic carbocycles. The van der Waals surface area contributed by atoms with Gasteiger partial charge in [-0.25, -0.2) is 0 Å². The minimum absolute atomic E-state index is 0.157. The Morgan fingerprint density at radius 2 is 1.83 bits per heavy atom. The lowest BCUT2D eigenvalue weighted by molar-refractivity contribution is -0.120. The maximum absolute atomic E-state index is 12.1. The Morgan fingerprint density at radius 3 is 2.39 bits per heavy atom. The Labute approximate surface area is 146 Å². The lowest BCUT2D eigenvalue weighted by Crippen LogP contribution is -2.49. The fraction of sp³-hybridized carbons (Fsp3) is 0.615. The van der Waals surface area contributed by atoms with E-state index >= 15 is 0 Å². The highest BCUT2D eigenvalue weighted by atomic mass is 32.2. The topological polar surface area (TPSA) is 122 Å². The van der Waals surface area contributed by atoms with Gasteiger partial charge in [0.05, 0.1) is 17.6 Å². The molecule has 1 aromatic rings. The van der Waals surface area contributed by atoms with E-state index in [1.165, 1.54) is 34.9 Å². The average Bonchev–Trinajstić information content (AvgIpc) is 3.00. The van der Waals surface area contributed by atoms with Crippen LogP contribution in [0.2, 0.25) is 0 Å². The molecule has 0 bridgehead atoms. The minimum atomic E-state index is -0.709. The van der Waals surface area contributed by atoms with Gasteiger partial charge in [0.25, 0.3) is 0 Å². The number of carbonyl (C=O) groups excluding carboxylic acids is 2. The summed E-state index contributed by atoms with van der Waals surface area (Å²) >= 11 is 3.82. The van der Waals surface area contributed by atoms with Crippen molar-refractivity contribution in [1.29, 1.82) is 5.26 Å². The smallest absolute Gasteiger partial charge is 0.231 e. The molecule has 10 heteroatoms.